The van der Waals surface area contributed by atoms with Gasteiger partial charge in [0.25, 0.3) is 0 Å². The topological polar surface area (TPSA) is 137 Å². The molecule has 0 aliphatic carbocycles. The van der Waals surface area contributed by atoms with E-state index in [0.717, 1.165) is 30.8 Å². The first kappa shape index (κ1) is 35.6. The Hall–Kier alpha value is -4.58. The van der Waals surface area contributed by atoms with E-state index in [2.05, 4.69) is 41.5 Å². The highest BCUT2D eigenvalue weighted by molar-refractivity contribution is 5.73. The molecule has 1 fully saturated rings. The first-order valence-corrected chi connectivity index (χ1v) is 13.2. The maximum Gasteiger partial charge on any atom is 0.490 e. The summed E-state index contributed by atoms with van der Waals surface area (Å²) in [5.41, 5.74) is 3.05. The average molecular weight is 629 g/mol. The van der Waals surface area contributed by atoms with Crippen molar-refractivity contribution in [2.24, 2.45) is 0 Å². The number of alkyl halides is 6. The third-order valence-corrected chi connectivity index (χ3v) is 6.65. The molecule has 4 rings (SSSR count). The van der Waals surface area contributed by atoms with Gasteiger partial charge in [-0.05, 0) is 61.2 Å². The van der Waals surface area contributed by atoms with Crippen molar-refractivity contribution in [3.8, 4) is 17.6 Å². The lowest BCUT2D eigenvalue weighted by molar-refractivity contribution is -0.193. The number of ether oxygens (including phenoxy) is 1. The smallest absolute Gasteiger partial charge is 0.475 e. The predicted molar refractivity (Wildman–Crippen MR) is 145 cm³/mol. The van der Waals surface area contributed by atoms with Gasteiger partial charge in [-0.2, -0.15) is 31.6 Å². The van der Waals surface area contributed by atoms with Gasteiger partial charge in [0.1, 0.15) is 17.6 Å². The lowest BCUT2D eigenvalue weighted by atomic mass is 9.74. The van der Waals surface area contributed by atoms with E-state index in [1.165, 1.54) is 24.8 Å². The predicted octanol–water partition coefficient (Wildman–Crippen LogP) is 6.28. The molecule has 3 N–H and O–H groups in total. The van der Waals surface area contributed by atoms with Gasteiger partial charge >= 0.3 is 24.3 Å². The van der Waals surface area contributed by atoms with Crippen LogP contribution in [0.1, 0.15) is 49.3 Å². The summed E-state index contributed by atoms with van der Waals surface area (Å²) >= 11 is 0. The SMILES string of the molecule is CCC1(c2cccc(Oc3cc(Cn4ccnc4)ccc3C#N)c2)CCCCNC1.O=C(O)C(F)(F)F.O=C(O)C(F)(F)F. The highest BCUT2D eigenvalue weighted by Gasteiger charge is 2.39. The van der Waals surface area contributed by atoms with Gasteiger partial charge in [-0.25, -0.2) is 14.6 Å². The number of aromatic nitrogens is 2. The molecule has 0 saturated carbocycles. The zero-order valence-corrected chi connectivity index (χ0v) is 23.5. The number of carboxylic acid groups (broad SMARTS) is 2. The number of hydrogen-bond acceptors (Lipinski definition) is 6. The minimum Gasteiger partial charge on any atom is -0.475 e. The summed E-state index contributed by atoms with van der Waals surface area (Å²) in [6.07, 6.45) is 0.0455. The normalized spacial score (nSPS) is 16.6. The molecule has 9 nitrogen and oxygen atoms in total. The molecular formula is C29H30F6N4O5. The second kappa shape index (κ2) is 15.8. The Morgan fingerprint density at radius 2 is 1.73 bits per heavy atom. The highest BCUT2D eigenvalue weighted by atomic mass is 19.4. The minimum atomic E-state index is -5.08. The van der Waals surface area contributed by atoms with Crippen LogP contribution < -0.4 is 10.1 Å². The van der Waals surface area contributed by atoms with Gasteiger partial charge in [0.2, 0.25) is 0 Å². The van der Waals surface area contributed by atoms with Crippen LogP contribution in [-0.4, -0.2) is 57.1 Å². The molecule has 0 radical (unpaired) electrons. The van der Waals surface area contributed by atoms with Crippen molar-refractivity contribution in [2.45, 2.75) is 56.9 Å². The maximum absolute atomic E-state index is 10.6. The third kappa shape index (κ3) is 10.9. The van der Waals surface area contributed by atoms with Crippen LogP contribution >= 0.6 is 0 Å². The van der Waals surface area contributed by atoms with Crippen molar-refractivity contribution < 1.29 is 50.9 Å². The molecule has 15 heteroatoms. The number of aliphatic carboxylic acids is 2. The molecule has 238 valence electrons. The van der Waals surface area contributed by atoms with E-state index < -0.39 is 24.3 Å². The van der Waals surface area contributed by atoms with Crippen LogP contribution in [0.5, 0.6) is 11.5 Å². The molecule has 1 saturated heterocycles. The van der Waals surface area contributed by atoms with Crippen molar-refractivity contribution >= 4 is 11.9 Å². The zero-order valence-electron chi connectivity index (χ0n) is 23.5. The van der Waals surface area contributed by atoms with Crippen molar-refractivity contribution in [1.82, 2.24) is 14.9 Å². The molecule has 0 amide bonds. The van der Waals surface area contributed by atoms with E-state index >= 15 is 0 Å². The number of nitriles is 1. The number of carboxylic acids is 2. The summed E-state index contributed by atoms with van der Waals surface area (Å²) in [6.45, 7) is 5.05. The van der Waals surface area contributed by atoms with Gasteiger partial charge in [-0.3, -0.25) is 0 Å². The Morgan fingerprint density at radius 3 is 2.27 bits per heavy atom. The van der Waals surface area contributed by atoms with E-state index in [-0.39, 0.29) is 5.41 Å². The number of nitrogens with one attached hydrogen (secondary N) is 1. The largest absolute Gasteiger partial charge is 0.490 e. The summed E-state index contributed by atoms with van der Waals surface area (Å²) < 4.78 is 71.7. The first-order valence-electron chi connectivity index (χ1n) is 13.2. The number of hydrogen-bond donors (Lipinski definition) is 3. The van der Waals surface area contributed by atoms with Crippen molar-refractivity contribution in [3.63, 3.8) is 0 Å². The van der Waals surface area contributed by atoms with Crippen LogP contribution in [-0.2, 0) is 21.5 Å². The molecule has 2 heterocycles. The van der Waals surface area contributed by atoms with Crippen LogP contribution in [0.15, 0.2) is 61.2 Å². The number of benzene rings is 2. The fourth-order valence-corrected chi connectivity index (χ4v) is 4.33. The molecule has 1 aliphatic heterocycles. The fraction of sp³-hybridized carbons (Fsp3) is 0.379. The molecule has 3 aromatic rings. The highest BCUT2D eigenvalue weighted by Crippen LogP contribution is 2.37. The second-order valence-electron chi connectivity index (χ2n) is 9.68. The summed E-state index contributed by atoms with van der Waals surface area (Å²) in [4.78, 5) is 21.9. The van der Waals surface area contributed by atoms with Gasteiger partial charge < -0.3 is 24.8 Å². The van der Waals surface area contributed by atoms with Crippen LogP contribution in [0.4, 0.5) is 26.3 Å². The standard InChI is InChI=1S/C25H28N4O.2C2HF3O2/c1-2-25(10-3-4-11-27-18-25)22-6-5-7-23(15-22)30-24-14-20(8-9-21(24)16-26)17-29-13-12-28-19-29;2*3-2(4,5)1(6)7/h5-9,12-15,19,27H,2-4,10-11,17-18H2,1H3;2*(H,6,7). The average Bonchev–Trinajstić information content (AvgIpc) is 3.34. The lowest BCUT2D eigenvalue weighted by Crippen LogP contribution is -2.36. The molecule has 1 aliphatic rings. The van der Waals surface area contributed by atoms with E-state index in [1.54, 1.807) is 12.5 Å². The van der Waals surface area contributed by atoms with Crippen molar-refractivity contribution in [1.29, 1.82) is 5.26 Å². The molecule has 1 aromatic heterocycles. The third-order valence-electron chi connectivity index (χ3n) is 6.65. The van der Waals surface area contributed by atoms with Crippen LogP contribution in [0.3, 0.4) is 0 Å². The summed E-state index contributed by atoms with van der Waals surface area (Å²) in [5.74, 6) is -4.14. The van der Waals surface area contributed by atoms with Gasteiger partial charge in [0.05, 0.1) is 11.9 Å². The maximum atomic E-state index is 10.6. The van der Waals surface area contributed by atoms with Crippen molar-refractivity contribution in [2.75, 3.05) is 13.1 Å². The first-order chi connectivity index (χ1) is 20.6. The van der Waals surface area contributed by atoms with Crippen LogP contribution in [0.25, 0.3) is 0 Å². The molecule has 0 spiro atoms. The van der Waals surface area contributed by atoms with Gasteiger partial charge in [-0.1, -0.05) is 31.5 Å². The van der Waals surface area contributed by atoms with Gasteiger partial charge in [0, 0.05) is 30.9 Å². The number of nitrogens with zero attached hydrogens (tertiary/aromatic N) is 3. The number of imidazole rings is 1. The number of rotatable bonds is 6. The quantitative estimate of drug-likeness (QED) is 0.271. The van der Waals surface area contributed by atoms with E-state index in [4.69, 9.17) is 24.5 Å². The lowest BCUT2D eigenvalue weighted by Gasteiger charge is -2.32. The van der Waals surface area contributed by atoms with E-state index in [1.807, 2.05) is 35.0 Å². The van der Waals surface area contributed by atoms with E-state index in [9.17, 15) is 31.6 Å². The zero-order chi connectivity index (χ0) is 33.0. The molecule has 1 atom stereocenters. The van der Waals surface area contributed by atoms with Gasteiger partial charge in [-0.15, -0.1) is 0 Å². The Kier molecular flexibility index (Phi) is 12.8. The molecule has 44 heavy (non-hydrogen) atoms. The monoisotopic (exact) mass is 628 g/mol. The Balaban J connectivity index is 0.000000402. The second-order valence-corrected chi connectivity index (χ2v) is 9.68. The molecule has 1 unspecified atom stereocenters. The fourth-order valence-electron chi connectivity index (χ4n) is 4.33. The number of halogens is 6. The van der Waals surface area contributed by atoms with Crippen LogP contribution in [0, 0.1) is 11.3 Å². The summed E-state index contributed by atoms with van der Waals surface area (Å²) in [7, 11) is 0. The molecule has 2 aromatic carbocycles. The Morgan fingerprint density at radius 1 is 1.07 bits per heavy atom. The van der Waals surface area contributed by atoms with Gasteiger partial charge in [0.15, 0.2) is 0 Å². The minimum absolute atomic E-state index is 0.136. The Labute approximate surface area is 248 Å². The molecule has 0 bridgehead atoms. The Bertz CT molecular complexity index is 1390. The molecular weight excluding hydrogens is 598 g/mol. The summed E-state index contributed by atoms with van der Waals surface area (Å²) in [6, 6.07) is 16.4. The van der Waals surface area contributed by atoms with Crippen LogP contribution in [0.2, 0.25) is 0 Å². The summed E-state index contributed by atoms with van der Waals surface area (Å²) in [5, 5.41) is 27.4. The number of carbonyl (C=O) groups is 2. The van der Waals surface area contributed by atoms with E-state index in [0.29, 0.717) is 17.9 Å². The van der Waals surface area contributed by atoms with Crippen molar-refractivity contribution in [3.05, 3.63) is 77.9 Å².